The van der Waals surface area contributed by atoms with Crippen molar-refractivity contribution in [3.63, 3.8) is 0 Å². The average molecular weight is 195 g/mol. The van der Waals surface area contributed by atoms with E-state index >= 15 is 0 Å². The Kier molecular flexibility index (Phi) is 2.84. The predicted octanol–water partition coefficient (Wildman–Crippen LogP) is 0.612. The third-order valence-corrected chi connectivity index (χ3v) is 2.67. The summed E-state index contributed by atoms with van der Waals surface area (Å²) >= 11 is 0. The van der Waals surface area contributed by atoms with Crippen molar-refractivity contribution < 1.29 is 5.11 Å². The molecule has 1 aliphatic rings. The van der Waals surface area contributed by atoms with Crippen molar-refractivity contribution in [2.45, 2.75) is 26.0 Å². The minimum Gasteiger partial charge on any atom is -0.392 e. The van der Waals surface area contributed by atoms with Crippen LogP contribution in [0.5, 0.6) is 0 Å². The minimum absolute atomic E-state index is 0.161. The van der Waals surface area contributed by atoms with Crippen molar-refractivity contribution in [1.82, 2.24) is 15.1 Å². The lowest BCUT2D eigenvalue weighted by molar-refractivity contribution is 0.0409. The molecule has 0 aliphatic carbocycles. The lowest BCUT2D eigenvalue weighted by Crippen LogP contribution is -2.41. The maximum Gasteiger partial charge on any atom is 0.0670 e. The molecule has 78 valence electrons. The van der Waals surface area contributed by atoms with E-state index in [1.165, 1.54) is 5.56 Å². The van der Waals surface area contributed by atoms with E-state index < -0.39 is 0 Å². The highest BCUT2D eigenvalue weighted by Gasteiger charge is 2.22. The highest BCUT2D eigenvalue weighted by molar-refractivity contribution is 5.02. The second-order valence-electron chi connectivity index (χ2n) is 4.30. The molecule has 1 aromatic heterocycles. The van der Waals surface area contributed by atoms with Crippen LogP contribution >= 0.6 is 0 Å². The largest absolute Gasteiger partial charge is 0.392 e. The summed E-state index contributed by atoms with van der Waals surface area (Å²) in [5.41, 5.74) is 1.19. The van der Waals surface area contributed by atoms with E-state index in [9.17, 15) is 5.11 Å². The van der Waals surface area contributed by atoms with Gasteiger partial charge in [0.2, 0.25) is 0 Å². The van der Waals surface area contributed by atoms with Gasteiger partial charge in [0.15, 0.2) is 0 Å². The summed E-state index contributed by atoms with van der Waals surface area (Å²) in [5.74, 6) is 0.589. The number of aromatic nitrogens is 2. The Hall–Kier alpha value is -0.870. The number of piperidine rings is 1. The minimum atomic E-state index is -0.161. The van der Waals surface area contributed by atoms with Crippen molar-refractivity contribution >= 4 is 0 Å². The zero-order chi connectivity index (χ0) is 9.97. The quantitative estimate of drug-likeness (QED) is 0.727. The summed E-state index contributed by atoms with van der Waals surface area (Å²) in [6.07, 6.45) is 4.52. The van der Waals surface area contributed by atoms with Gasteiger partial charge in [0.1, 0.15) is 0 Å². The van der Waals surface area contributed by atoms with Gasteiger partial charge >= 0.3 is 0 Å². The van der Waals surface area contributed by atoms with Crippen LogP contribution in [0, 0.1) is 5.92 Å². The third-order valence-electron chi connectivity index (χ3n) is 2.67. The summed E-state index contributed by atoms with van der Waals surface area (Å²) in [4.78, 5) is 2.28. The number of aromatic amines is 1. The van der Waals surface area contributed by atoms with Crippen LogP contribution < -0.4 is 0 Å². The van der Waals surface area contributed by atoms with Gasteiger partial charge in [-0.25, -0.2) is 0 Å². The van der Waals surface area contributed by atoms with E-state index in [0.29, 0.717) is 5.92 Å². The molecule has 2 heterocycles. The first kappa shape index (κ1) is 9.68. The van der Waals surface area contributed by atoms with E-state index in [-0.39, 0.29) is 6.10 Å². The van der Waals surface area contributed by atoms with Gasteiger partial charge in [-0.05, 0) is 12.3 Å². The molecule has 2 unspecified atom stereocenters. The molecule has 4 heteroatoms. The smallest absolute Gasteiger partial charge is 0.0670 e. The second kappa shape index (κ2) is 4.11. The van der Waals surface area contributed by atoms with Gasteiger partial charge in [0, 0.05) is 31.4 Å². The monoisotopic (exact) mass is 195 g/mol. The lowest BCUT2D eigenvalue weighted by Gasteiger charge is -2.33. The summed E-state index contributed by atoms with van der Waals surface area (Å²) in [5, 5.41) is 16.3. The van der Waals surface area contributed by atoms with E-state index in [4.69, 9.17) is 0 Å². The van der Waals surface area contributed by atoms with Crippen LogP contribution in [0.25, 0.3) is 0 Å². The summed E-state index contributed by atoms with van der Waals surface area (Å²) < 4.78 is 0. The van der Waals surface area contributed by atoms with Crippen LogP contribution in [-0.2, 0) is 6.54 Å². The number of hydrogen-bond donors (Lipinski definition) is 2. The Labute approximate surface area is 83.9 Å². The number of likely N-dealkylation sites (tertiary alicyclic amines) is 1. The van der Waals surface area contributed by atoms with Gasteiger partial charge in [-0.15, -0.1) is 0 Å². The number of nitrogens with zero attached hydrogens (tertiary/aromatic N) is 2. The molecule has 1 aliphatic heterocycles. The van der Waals surface area contributed by atoms with Gasteiger partial charge < -0.3 is 5.11 Å². The summed E-state index contributed by atoms with van der Waals surface area (Å²) in [6, 6.07) is 0. The number of H-pyrrole nitrogens is 1. The molecule has 0 aromatic carbocycles. The van der Waals surface area contributed by atoms with E-state index in [2.05, 4.69) is 22.0 Å². The Morgan fingerprint density at radius 3 is 3.14 bits per heavy atom. The standard InChI is InChI=1S/C10H17N3O/c1-8-2-10(14)7-13(5-8)6-9-3-11-12-4-9/h3-4,8,10,14H,2,5-7H2,1H3,(H,11,12). The number of β-amino-alcohol motifs (C(OH)–C–C–N with tert-alkyl or cyclic N) is 1. The first-order chi connectivity index (χ1) is 6.74. The second-order valence-corrected chi connectivity index (χ2v) is 4.30. The fourth-order valence-electron chi connectivity index (χ4n) is 2.18. The number of nitrogens with one attached hydrogen (secondary N) is 1. The van der Waals surface area contributed by atoms with Crippen molar-refractivity contribution in [1.29, 1.82) is 0 Å². The molecule has 0 amide bonds. The predicted molar refractivity (Wildman–Crippen MR) is 53.7 cm³/mol. The van der Waals surface area contributed by atoms with Crippen molar-refractivity contribution in [3.8, 4) is 0 Å². The van der Waals surface area contributed by atoms with Crippen molar-refractivity contribution in [2.24, 2.45) is 5.92 Å². The van der Waals surface area contributed by atoms with Gasteiger partial charge in [0.25, 0.3) is 0 Å². The number of aliphatic hydroxyl groups is 1. The Morgan fingerprint density at radius 1 is 1.64 bits per heavy atom. The molecule has 2 atom stereocenters. The molecule has 0 bridgehead atoms. The molecule has 0 saturated carbocycles. The molecule has 1 saturated heterocycles. The Balaban J connectivity index is 1.91. The van der Waals surface area contributed by atoms with Crippen LogP contribution in [0.3, 0.4) is 0 Å². The summed E-state index contributed by atoms with van der Waals surface area (Å²) in [6.45, 7) is 4.93. The zero-order valence-electron chi connectivity index (χ0n) is 8.48. The van der Waals surface area contributed by atoms with Crippen LogP contribution in [0.4, 0.5) is 0 Å². The van der Waals surface area contributed by atoms with E-state index in [0.717, 1.165) is 26.1 Å². The first-order valence-electron chi connectivity index (χ1n) is 5.12. The fourth-order valence-corrected chi connectivity index (χ4v) is 2.18. The summed E-state index contributed by atoms with van der Waals surface area (Å²) in [7, 11) is 0. The Bertz CT molecular complexity index is 263. The van der Waals surface area contributed by atoms with Crippen LogP contribution in [-0.4, -0.2) is 39.4 Å². The van der Waals surface area contributed by atoms with Crippen molar-refractivity contribution in [2.75, 3.05) is 13.1 Å². The fraction of sp³-hybridized carbons (Fsp3) is 0.700. The molecule has 2 N–H and O–H groups in total. The van der Waals surface area contributed by atoms with Gasteiger partial charge in [0.05, 0.1) is 12.3 Å². The molecule has 0 spiro atoms. The SMILES string of the molecule is CC1CC(O)CN(Cc2cn[nH]c2)C1. The maximum absolute atomic E-state index is 9.61. The van der Waals surface area contributed by atoms with E-state index in [1.54, 1.807) is 0 Å². The van der Waals surface area contributed by atoms with Gasteiger partial charge in [-0.1, -0.05) is 6.92 Å². The lowest BCUT2D eigenvalue weighted by atomic mass is 9.98. The average Bonchev–Trinajstić information content (AvgIpc) is 2.54. The molecule has 1 fully saturated rings. The van der Waals surface area contributed by atoms with Crippen LogP contribution in [0.1, 0.15) is 18.9 Å². The number of hydrogen-bond acceptors (Lipinski definition) is 3. The van der Waals surface area contributed by atoms with Gasteiger partial charge in [-0.2, -0.15) is 5.10 Å². The highest BCUT2D eigenvalue weighted by atomic mass is 16.3. The van der Waals surface area contributed by atoms with Crippen molar-refractivity contribution in [3.05, 3.63) is 18.0 Å². The molecule has 14 heavy (non-hydrogen) atoms. The van der Waals surface area contributed by atoms with Crippen LogP contribution in [0.2, 0.25) is 0 Å². The molecule has 1 aromatic rings. The molecule has 2 rings (SSSR count). The number of aliphatic hydroxyl groups excluding tert-OH is 1. The van der Waals surface area contributed by atoms with Crippen LogP contribution in [0.15, 0.2) is 12.4 Å². The third kappa shape index (κ3) is 2.33. The number of rotatable bonds is 2. The maximum atomic E-state index is 9.61. The highest BCUT2D eigenvalue weighted by Crippen LogP contribution is 2.17. The first-order valence-corrected chi connectivity index (χ1v) is 5.12. The normalized spacial score (nSPS) is 29.3. The molecule has 0 radical (unpaired) electrons. The molecular weight excluding hydrogens is 178 g/mol. The van der Waals surface area contributed by atoms with E-state index in [1.807, 2.05) is 12.4 Å². The molecular formula is C10H17N3O. The Morgan fingerprint density at radius 2 is 2.50 bits per heavy atom. The zero-order valence-corrected chi connectivity index (χ0v) is 8.48. The molecule has 4 nitrogen and oxygen atoms in total. The topological polar surface area (TPSA) is 52.1 Å². The van der Waals surface area contributed by atoms with Gasteiger partial charge in [-0.3, -0.25) is 10.00 Å².